The van der Waals surface area contributed by atoms with Gasteiger partial charge in [-0.3, -0.25) is 4.79 Å². The predicted octanol–water partition coefficient (Wildman–Crippen LogP) is 8.84. The van der Waals surface area contributed by atoms with Crippen molar-refractivity contribution in [2.75, 3.05) is 13.2 Å². The normalized spacial score (nSPS) is 21.6. The summed E-state index contributed by atoms with van der Waals surface area (Å²) in [6.07, 6.45) is 31.1. The third kappa shape index (κ3) is 28.5. The summed E-state index contributed by atoms with van der Waals surface area (Å²) < 4.78 is 11.1. The largest absolute Gasteiger partial charge is 0.394 e. The molecule has 1 rings (SSSR count). The summed E-state index contributed by atoms with van der Waals surface area (Å²) in [4.78, 5) is 13.1. The average Bonchev–Trinajstić information content (AvgIpc) is 3.25. The summed E-state index contributed by atoms with van der Waals surface area (Å²) in [5.74, 6) is -0.697. The van der Waals surface area contributed by atoms with E-state index in [1.54, 1.807) is 0 Å². The van der Waals surface area contributed by atoms with Crippen LogP contribution >= 0.6 is 0 Å². The van der Waals surface area contributed by atoms with Crippen LogP contribution in [0.25, 0.3) is 0 Å². The van der Waals surface area contributed by atoms with Gasteiger partial charge in [0.25, 0.3) is 0 Å². The minimum Gasteiger partial charge on any atom is -0.394 e. The number of carbonyl (C=O) groups excluding carboxylic acids is 1. The lowest BCUT2D eigenvalue weighted by Crippen LogP contribution is -2.60. The molecule has 1 amide bonds. The Kier molecular flexibility index (Phi) is 37.4. The zero-order chi connectivity index (χ0) is 44.1. The van der Waals surface area contributed by atoms with Crippen molar-refractivity contribution in [2.24, 2.45) is 0 Å². The van der Waals surface area contributed by atoms with Crippen molar-refractivity contribution >= 4 is 5.91 Å². The second-order valence-corrected chi connectivity index (χ2v) is 17.9. The zero-order valence-corrected chi connectivity index (χ0v) is 38.5. The first-order valence-electron chi connectivity index (χ1n) is 25.1. The molecule has 0 bridgehead atoms. The van der Waals surface area contributed by atoms with Crippen molar-refractivity contribution in [1.82, 2.24) is 5.32 Å². The lowest BCUT2D eigenvalue weighted by molar-refractivity contribution is -0.303. The maximum Gasteiger partial charge on any atom is 0.249 e. The van der Waals surface area contributed by atoms with Gasteiger partial charge >= 0.3 is 0 Å². The Labute approximate surface area is 366 Å². The van der Waals surface area contributed by atoms with E-state index in [1.807, 2.05) is 0 Å². The highest BCUT2D eigenvalue weighted by Gasteiger charge is 2.44. The molecule has 9 atom stereocenters. The van der Waals surface area contributed by atoms with Gasteiger partial charge in [-0.15, -0.1) is 0 Å². The lowest BCUT2D eigenvalue weighted by Gasteiger charge is -2.40. The van der Waals surface area contributed by atoms with E-state index in [4.69, 9.17) is 9.47 Å². The quantitative estimate of drug-likeness (QED) is 0.0218. The van der Waals surface area contributed by atoms with E-state index < -0.39 is 74.2 Å². The van der Waals surface area contributed by atoms with Crippen LogP contribution in [0.5, 0.6) is 0 Å². The fourth-order valence-corrected chi connectivity index (χ4v) is 8.14. The van der Waals surface area contributed by atoms with Gasteiger partial charge in [0.2, 0.25) is 5.91 Å². The Morgan fingerprint density at radius 3 is 1.40 bits per heavy atom. The Balaban J connectivity index is 2.40. The highest BCUT2D eigenvalue weighted by Crippen LogP contribution is 2.23. The first-order chi connectivity index (χ1) is 29.2. The molecule has 11 heteroatoms. The highest BCUT2D eigenvalue weighted by atomic mass is 16.7. The van der Waals surface area contributed by atoms with Gasteiger partial charge in [0, 0.05) is 0 Å². The highest BCUT2D eigenvalue weighted by molar-refractivity contribution is 5.80. The molecule has 8 N–H and O–H groups in total. The van der Waals surface area contributed by atoms with Gasteiger partial charge in [-0.05, 0) is 38.5 Å². The first-order valence-corrected chi connectivity index (χ1v) is 25.1. The topological polar surface area (TPSA) is 189 Å². The van der Waals surface area contributed by atoms with Crippen LogP contribution in [0, 0.1) is 0 Å². The number of amides is 1. The number of nitrogens with one attached hydrogen (secondary N) is 1. The minimum atomic E-state index is -1.66. The fourth-order valence-electron chi connectivity index (χ4n) is 8.14. The van der Waals surface area contributed by atoms with Crippen LogP contribution in [0.1, 0.15) is 226 Å². The molecule has 1 aliphatic rings. The van der Waals surface area contributed by atoms with Crippen molar-refractivity contribution in [3.05, 3.63) is 12.2 Å². The van der Waals surface area contributed by atoms with Crippen molar-refractivity contribution in [1.29, 1.82) is 0 Å². The van der Waals surface area contributed by atoms with Crippen molar-refractivity contribution in [2.45, 2.75) is 281 Å². The van der Waals surface area contributed by atoms with Crippen LogP contribution in [0.3, 0.4) is 0 Å². The van der Waals surface area contributed by atoms with Gasteiger partial charge in [-0.2, -0.15) is 0 Å². The van der Waals surface area contributed by atoms with Crippen LogP contribution in [-0.2, 0) is 14.3 Å². The Morgan fingerprint density at radius 1 is 0.567 bits per heavy atom. The third-order valence-electron chi connectivity index (χ3n) is 12.3. The average molecular weight is 858 g/mol. The van der Waals surface area contributed by atoms with Crippen molar-refractivity contribution in [3.63, 3.8) is 0 Å². The summed E-state index contributed by atoms with van der Waals surface area (Å²) in [5.41, 5.74) is 0. The Morgan fingerprint density at radius 2 is 0.967 bits per heavy atom. The molecule has 0 aliphatic carbocycles. The molecule has 1 aliphatic heterocycles. The molecule has 356 valence electrons. The second kappa shape index (κ2) is 39.4. The molecule has 0 radical (unpaired) electrons. The van der Waals surface area contributed by atoms with Gasteiger partial charge in [0.1, 0.15) is 36.6 Å². The molecular weight excluding hydrogens is 763 g/mol. The van der Waals surface area contributed by atoms with Gasteiger partial charge in [0.05, 0.1) is 25.4 Å². The SMILES string of the molecule is CCCCCCCCCCCC=CCCCCCCCCC[C@@H](O)[C@@H](O)[C@H](CO[C@@H]1O[C@H](CO)[C@@H](O)[C@H](O)[C@H]1O)NC(=O)[C@H](O)CCCCCCCCCCCCCCC. The van der Waals surface area contributed by atoms with Crippen LogP contribution in [-0.4, -0.2) is 110 Å². The van der Waals surface area contributed by atoms with Crippen molar-refractivity contribution in [3.8, 4) is 0 Å². The van der Waals surface area contributed by atoms with Crippen molar-refractivity contribution < 1.29 is 50.0 Å². The van der Waals surface area contributed by atoms with E-state index in [0.29, 0.717) is 19.3 Å². The molecule has 0 spiro atoms. The molecule has 0 saturated carbocycles. The molecule has 0 aromatic rings. The van der Waals surface area contributed by atoms with E-state index in [1.165, 1.54) is 141 Å². The van der Waals surface area contributed by atoms with Crippen LogP contribution in [0.2, 0.25) is 0 Å². The zero-order valence-electron chi connectivity index (χ0n) is 38.5. The third-order valence-corrected chi connectivity index (χ3v) is 12.3. The van der Waals surface area contributed by atoms with Gasteiger partial charge in [0.15, 0.2) is 6.29 Å². The molecular formula is C49H95NO10. The van der Waals surface area contributed by atoms with Gasteiger partial charge in [-0.25, -0.2) is 0 Å². The van der Waals surface area contributed by atoms with Gasteiger partial charge < -0.3 is 50.5 Å². The number of ether oxygens (including phenoxy) is 2. The lowest BCUT2D eigenvalue weighted by atomic mass is 9.98. The number of aliphatic hydroxyl groups excluding tert-OH is 7. The van der Waals surface area contributed by atoms with E-state index in [9.17, 15) is 40.5 Å². The van der Waals surface area contributed by atoms with E-state index in [-0.39, 0.29) is 6.42 Å². The van der Waals surface area contributed by atoms with E-state index in [2.05, 4.69) is 31.3 Å². The number of unbranched alkanes of at least 4 members (excludes halogenated alkanes) is 28. The summed E-state index contributed by atoms with van der Waals surface area (Å²) in [6, 6.07) is -1.17. The first kappa shape index (κ1) is 56.9. The summed E-state index contributed by atoms with van der Waals surface area (Å²) >= 11 is 0. The van der Waals surface area contributed by atoms with Crippen LogP contribution < -0.4 is 5.32 Å². The second-order valence-electron chi connectivity index (χ2n) is 17.9. The monoisotopic (exact) mass is 858 g/mol. The molecule has 60 heavy (non-hydrogen) atoms. The van der Waals surface area contributed by atoms with E-state index in [0.717, 1.165) is 44.9 Å². The predicted molar refractivity (Wildman–Crippen MR) is 243 cm³/mol. The summed E-state index contributed by atoms with van der Waals surface area (Å²) in [5, 5.41) is 75.8. The smallest absolute Gasteiger partial charge is 0.249 e. The number of hydrogen-bond donors (Lipinski definition) is 8. The van der Waals surface area contributed by atoms with Crippen LogP contribution in [0.15, 0.2) is 12.2 Å². The molecule has 1 saturated heterocycles. The fraction of sp³-hybridized carbons (Fsp3) is 0.939. The number of hydrogen-bond acceptors (Lipinski definition) is 10. The minimum absolute atomic E-state index is 0.263. The molecule has 0 aromatic heterocycles. The Bertz CT molecular complexity index is 986. The number of aliphatic hydroxyl groups is 7. The number of carbonyl (C=O) groups is 1. The standard InChI is InChI=1S/C49H95NO10/c1-3-5-7-9-11-13-15-17-18-19-20-21-22-23-25-26-28-30-32-34-36-41(52)44(54)40(39-59-49-47(57)46(56)45(55)43(38-51)60-49)50-48(58)42(53)37-35-33-31-29-27-24-16-14-12-10-8-6-4-2/h20-21,40-47,49,51-57H,3-19,22-39H2,1-2H3,(H,50,58)/t40-,41+,42+,43+,44-,45+,46-,47+,49+/m0/s1. The van der Waals surface area contributed by atoms with Gasteiger partial charge in [-0.1, -0.05) is 199 Å². The molecule has 0 aromatic carbocycles. The van der Waals surface area contributed by atoms with Crippen LogP contribution in [0.4, 0.5) is 0 Å². The van der Waals surface area contributed by atoms with E-state index >= 15 is 0 Å². The summed E-state index contributed by atoms with van der Waals surface area (Å²) in [7, 11) is 0. The molecule has 11 nitrogen and oxygen atoms in total. The molecule has 0 unspecified atom stereocenters. The summed E-state index contributed by atoms with van der Waals surface area (Å²) in [6.45, 7) is 3.45. The number of allylic oxidation sites excluding steroid dienone is 2. The molecule has 1 fully saturated rings. The Hall–Kier alpha value is -1.15. The molecule has 1 heterocycles. The number of rotatable bonds is 42. The maximum atomic E-state index is 13.1. The maximum absolute atomic E-state index is 13.1.